The largest absolute Gasteiger partial charge is 0.493 e. The fourth-order valence-corrected chi connectivity index (χ4v) is 3.43. The van der Waals surface area contributed by atoms with E-state index in [0.717, 1.165) is 16.5 Å². The molecule has 1 aliphatic heterocycles. The standard InChI is InChI=1S/C24H19ClN2O5/c25-20-13-15(12-19-22(28)26-24(30)27-23(19)29)6-9-21(20)32-11-3-10-31-18-8-7-16-4-1-2-5-17(16)14-18/h1-2,4-9,12-14H,3,10-11H2,(H2,26,27,28,29,30). The highest BCUT2D eigenvalue weighted by molar-refractivity contribution is 6.33. The summed E-state index contributed by atoms with van der Waals surface area (Å²) in [6, 6.07) is 18.1. The van der Waals surface area contributed by atoms with Crippen molar-refractivity contribution in [3.63, 3.8) is 0 Å². The van der Waals surface area contributed by atoms with Crippen molar-refractivity contribution in [2.24, 2.45) is 0 Å². The minimum Gasteiger partial charge on any atom is -0.493 e. The lowest BCUT2D eigenvalue weighted by Crippen LogP contribution is -2.51. The maximum absolute atomic E-state index is 11.8. The van der Waals surface area contributed by atoms with Crippen LogP contribution in [0.3, 0.4) is 0 Å². The van der Waals surface area contributed by atoms with Gasteiger partial charge in [0.15, 0.2) is 0 Å². The van der Waals surface area contributed by atoms with E-state index in [2.05, 4.69) is 6.07 Å². The van der Waals surface area contributed by atoms with Crippen molar-refractivity contribution >= 4 is 46.3 Å². The summed E-state index contributed by atoms with van der Waals surface area (Å²) in [5.74, 6) is -0.243. The van der Waals surface area contributed by atoms with Gasteiger partial charge in [0.2, 0.25) is 0 Å². The van der Waals surface area contributed by atoms with Crippen molar-refractivity contribution in [1.82, 2.24) is 10.6 Å². The molecule has 8 heteroatoms. The summed E-state index contributed by atoms with van der Waals surface area (Å²) in [7, 11) is 0. The van der Waals surface area contributed by atoms with Crippen LogP contribution in [0.25, 0.3) is 16.8 Å². The number of carbonyl (C=O) groups is 3. The summed E-state index contributed by atoms with van der Waals surface area (Å²) >= 11 is 6.27. The molecule has 1 aliphatic rings. The Morgan fingerprint density at radius 2 is 1.53 bits per heavy atom. The molecule has 0 aliphatic carbocycles. The normalized spacial score (nSPS) is 13.5. The summed E-state index contributed by atoms with van der Waals surface area (Å²) in [6.07, 6.45) is 2.01. The second-order valence-electron chi connectivity index (χ2n) is 7.04. The SMILES string of the molecule is O=C1NC(=O)C(=Cc2ccc(OCCCOc3ccc4ccccc4c3)c(Cl)c2)C(=O)N1. The number of imide groups is 2. The molecule has 1 heterocycles. The van der Waals surface area contributed by atoms with Crippen molar-refractivity contribution in [3.05, 3.63) is 76.8 Å². The van der Waals surface area contributed by atoms with Gasteiger partial charge >= 0.3 is 6.03 Å². The van der Waals surface area contributed by atoms with Gasteiger partial charge in [-0.25, -0.2) is 4.79 Å². The Morgan fingerprint density at radius 3 is 2.28 bits per heavy atom. The van der Waals surface area contributed by atoms with Gasteiger partial charge in [-0.2, -0.15) is 0 Å². The molecule has 0 bridgehead atoms. The van der Waals surface area contributed by atoms with Crippen LogP contribution in [-0.2, 0) is 9.59 Å². The molecular formula is C24H19ClN2O5. The van der Waals surface area contributed by atoms with Crippen LogP contribution in [0, 0.1) is 0 Å². The zero-order valence-electron chi connectivity index (χ0n) is 16.9. The average Bonchev–Trinajstić information content (AvgIpc) is 2.77. The van der Waals surface area contributed by atoms with Gasteiger partial charge < -0.3 is 9.47 Å². The zero-order chi connectivity index (χ0) is 22.5. The van der Waals surface area contributed by atoms with E-state index in [1.54, 1.807) is 18.2 Å². The Hall–Kier alpha value is -3.84. The predicted molar refractivity (Wildman–Crippen MR) is 121 cm³/mol. The molecule has 0 radical (unpaired) electrons. The van der Waals surface area contributed by atoms with Crippen LogP contribution < -0.4 is 20.1 Å². The Labute approximate surface area is 189 Å². The van der Waals surface area contributed by atoms with Crippen LogP contribution in [0.5, 0.6) is 11.5 Å². The lowest BCUT2D eigenvalue weighted by atomic mass is 10.1. The first kappa shape index (κ1) is 21.4. The molecule has 0 atom stereocenters. The van der Waals surface area contributed by atoms with E-state index in [1.165, 1.54) is 6.08 Å². The van der Waals surface area contributed by atoms with E-state index in [0.29, 0.717) is 36.0 Å². The molecule has 162 valence electrons. The summed E-state index contributed by atoms with van der Waals surface area (Å²) in [5, 5.41) is 6.66. The van der Waals surface area contributed by atoms with Gasteiger partial charge in [0, 0.05) is 6.42 Å². The number of carbonyl (C=O) groups excluding carboxylic acids is 3. The van der Waals surface area contributed by atoms with E-state index in [-0.39, 0.29) is 5.57 Å². The number of nitrogens with one attached hydrogen (secondary N) is 2. The molecule has 4 amide bonds. The molecular weight excluding hydrogens is 432 g/mol. The number of benzene rings is 3. The Morgan fingerprint density at radius 1 is 0.812 bits per heavy atom. The van der Waals surface area contributed by atoms with Gasteiger partial charge in [0.05, 0.1) is 18.2 Å². The van der Waals surface area contributed by atoms with E-state index in [1.807, 2.05) is 47.0 Å². The van der Waals surface area contributed by atoms with Gasteiger partial charge in [-0.3, -0.25) is 20.2 Å². The van der Waals surface area contributed by atoms with E-state index >= 15 is 0 Å². The van der Waals surface area contributed by atoms with Gasteiger partial charge in [-0.05, 0) is 46.7 Å². The number of hydrogen-bond acceptors (Lipinski definition) is 5. The average molecular weight is 451 g/mol. The van der Waals surface area contributed by atoms with Crippen LogP contribution in [0.15, 0.2) is 66.2 Å². The number of urea groups is 1. The fourth-order valence-electron chi connectivity index (χ4n) is 3.19. The topological polar surface area (TPSA) is 93.7 Å². The Kier molecular flexibility index (Phi) is 6.37. The summed E-state index contributed by atoms with van der Waals surface area (Å²) < 4.78 is 11.5. The smallest absolute Gasteiger partial charge is 0.328 e. The number of halogens is 1. The Balaban J connectivity index is 1.29. The second kappa shape index (κ2) is 9.53. The third-order valence-corrected chi connectivity index (χ3v) is 5.04. The van der Waals surface area contributed by atoms with Gasteiger partial charge in [0.25, 0.3) is 11.8 Å². The number of hydrogen-bond donors (Lipinski definition) is 2. The maximum Gasteiger partial charge on any atom is 0.328 e. The minimum atomic E-state index is -0.844. The summed E-state index contributed by atoms with van der Waals surface area (Å²) in [6.45, 7) is 0.893. The first-order valence-corrected chi connectivity index (χ1v) is 10.3. The number of barbiturate groups is 1. The predicted octanol–water partition coefficient (Wildman–Crippen LogP) is 4.09. The fraction of sp³-hybridized carbons (Fsp3) is 0.125. The summed E-state index contributed by atoms with van der Waals surface area (Å²) in [4.78, 5) is 34.7. The molecule has 7 nitrogen and oxygen atoms in total. The van der Waals surface area contributed by atoms with Gasteiger partial charge in [-0.15, -0.1) is 0 Å². The maximum atomic E-state index is 11.8. The molecule has 3 aromatic carbocycles. The van der Waals surface area contributed by atoms with E-state index in [9.17, 15) is 14.4 Å². The van der Waals surface area contributed by atoms with Crippen molar-refractivity contribution in [3.8, 4) is 11.5 Å². The van der Waals surface area contributed by atoms with Crippen LogP contribution in [0.1, 0.15) is 12.0 Å². The van der Waals surface area contributed by atoms with Gasteiger partial charge in [0.1, 0.15) is 17.1 Å². The molecule has 3 aromatic rings. The highest BCUT2D eigenvalue weighted by Crippen LogP contribution is 2.27. The van der Waals surface area contributed by atoms with Crippen molar-refractivity contribution in [1.29, 1.82) is 0 Å². The van der Waals surface area contributed by atoms with E-state index in [4.69, 9.17) is 21.1 Å². The third kappa shape index (κ3) is 5.07. The van der Waals surface area contributed by atoms with E-state index < -0.39 is 17.8 Å². The Bertz CT molecular complexity index is 1220. The summed E-state index contributed by atoms with van der Waals surface area (Å²) in [5.41, 5.74) is 0.344. The van der Waals surface area contributed by atoms with Crippen molar-refractivity contribution < 1.29 is 23.9 Å². The highest BCUT2D eigenvalue weighted by Gasteiger charge is 2.27. The van der Waals surface area contributed by atoms with Crippen LogP contribution in [0.2, 0.25) is 5.02 Å². The van der Waals surface area contributed by atoms with Crippen molar-refractivity contribution in [2.45, 2.75) is 6.42 Å². The lowest BCUT2D eigenvalue weighted by Gasteiger charge is -2.14. The minimum absolute atomic E-state index is 0.180. The van der Waals surface area contributed by atoms with Crippen LogP contribution >= 0.6 is 11.6 Å². The third-order valence-electron chi connectivity index (χ3n) is 4.75. The lowest BCUT2D eigenvalue weighted by molar-refractivity contribution is -0.123. The first-order chi connectivity index (χ1) is 15.5. The molecule has 32 heavy (non-hydrogen) atoms. The zero-order valence-corrected chi connectivity index (χ0v) is 17.6. The molecule has 1 saturated heterocycles. The number of rotatable bonds is 7. The van der Waals surface area contributed by atoms with Crippen LogP contribution in [0.4, 0.5) is 4.79 Å². The van der Waals surface area contributed by atoms with Gasteiger partial charge in [-0.1, -0.05) is 48.0 Å². The first-order valence-electron chi connectivity index (χ1n) is 9.92. The van der Waals surface area contributed by atoms with Crippen molar-refractivity contribution in [2.75, 3.05) is 13.2 Å². The number of fused-ring (bicyclic) bond motifs is 1. The molecule has 0 spiro atoms. The molecule has 0 unspecified atom stereocenters. The van der Waals surface area contributed by atoms with Crippen LogP contribution in [-0.4, -0.2) is 31.1 Å². The number of amides is 4. The monoisotopic (exact) mass is 450 g/mol. The quantitative estimate of drug-likeness (QED) is 0.321. The molecule has 1 fully saturated rings. The molecule has 0 saturated carbocycles. The molecule has 0 aromatic heterocycles. The number of ether oxygens (including phenoxy) is 2. The second-order valence-corrected chi connectivity index (χ2v) is 7.45. The highest BCUT2D eigenvalue weighted by atomic mass is 35.5. The molecule has 4 rings (SSSR count). The molecule has 2 N–H and O–H groups in total.